The topological polar surface area (TPSA) is 87.9 Å². The van der Waals surface area contributed by atoms with E-state index < -0.39 is 23.6 Å². The zero-order valence-corrected chi connectivity index (χ0v) is 12.4. The van der Waals surface area contributed by atoms with Crippen LogP contribution in [0.3, 0.4) is 0 Å². The molecule has 0 saturated heterocycles. The van der Waals surface area contributed by atoms with Gasteiger partial charge in [0.05, 0.1) is 18.0 Å². The van der Waals surface area contributed by atoms with Crippen LogP contribution in [0.4, 0.5) is 0 Å². The highest BCUT2D eigenvalue weighted by molar-refractivity contribution is 5.97. The van der Waals surface area contributed by atoms with E-state index in [-0.39, 0.29) is 11.1 Å². The molecule has 1 aliphatic carbocycles. The lowest BCUT2D eigenvalue weighted by Gasteiger charge is -2.22. The number of nitrogens with zero attached hydrogens (tertiary/aromatic N) is 1. The van der Waals surface area contributed by atoms with Crippen LogP contribution in [0, 0.1) is 6.42 Å². The van der Waals surface area contributed by atoms with Gasteiger partial charge in [-0.15, -0.1) is 0 Å². The Labute approximate surface area is 132 Å². The normalized spacial score (nSPS) is 20.7. The molecule has 2 heterocycles. The summed E-state index contributed by atoms with van der Waals surface area (Å²) in [5.74, 6) is -0.573. The predicted octanol–water partition coefficient (Wildman–Crippen LogP) is 0.959. The van der Waals surface area contributed by atoms with Crippen molar-refractivity contribution in [3.63, 3.8) is 0 Å². The Morgan fingerprint density at radius 1 is 1.43 bits per heavy atom. The first-order valence-corrected chi connectivity index (χ1v) is 7.53. The molecule has 0 radical (unpaired) electrons. The Morgan fingerprint density at radius 2 is 2.26 bits per heavy atom. The second-order valence-corrected chi connectivity index (χ2v) is 5.63. The average Bonchev–Trinajstić information content (AvgIpc) is 2.57. The van der Waals surface area contributed by atoms with Gasteiger partial charge >= 0.3 is 0 Å². The summed E-state index contributed by atoms with van der Waals surface area (Å²) >= 11 is 0. The smallest absolute Gasteiger partial charge is 0.267 e. The van der Waals surface area contributed by atoms with Crippen molar-refractivity contribution in [2.75, 3.05) is 0 Å². The number of carbonyl (C=O) groups is 2. The predicted molar refractivity (Wildman–Crippen MR) is 84.5 cm³/mol. The molecule has 1 saturated carbocycles. The van der Waals surface area contributed by atoms with Crippen molar-refractivity contribution in [1.29, 1.82) is 0 Å². The fraction of sp³-hybridized carbons (Fsp3) is 0.294. The zero-order valence-electron chi connectivity index (χ0n) is 12.4. The van der Waals surface area contributed by atoms with Gasteiger partial charge in [0, 0.05) is 11.8 Å². The van der Waals surface area contributed by atoms with Crippen LogP contribution in [0.1, 0.15) is 40.0 Å². The Morgan fingerprint density at radius 3 is 3.00 bits per heavy atom. The van der Waals surface area contributed by atoms with E-state index in [9.17, 15) is 19.5 Å². The lowest BCUT2D eigenvalue weighted by atomic mass is 9.92. The minimum Gasteiger partial charge on any atom is -0.352 e. The summed E-state index contributed by atoms with van der Waals surface area (Å²) in [6, 6.07) is 5.91. The third kappa shape index (κ3) is 2.85. The maximum Gasteiger partial charge on any atom is 0.267 e. The molecule has 0 bridgehead atoms. The molecule has 0 spiro atoms. The molecule has 1 amide bonds. The molecule has 118 valence electrons. The lowest BCUT2D eigenvalue weighted by Crippen LogP contribution is -2.46. The van der Waals surface area contributed by atoms with Gasteiger partial charge in [-0.1, -0.05) is 6.07 Å². The number of aliphatic hydroxyl groups excluding tert-OH is 1. The van der Waals surface area contributed by atoms with E-state index in [1.807, 2.05) is 0 Å². The van der Waals surface area contributed by atoms with E-state index in [4.69, 9.17) is 0 Å². The highest BCUT2D eigenvalue weighted by Crippen LogP contribution is 2.18. The van der Waals surface area contributed by atoms with Gasteiger partial charge in [0.1, 0.15) is 12.0 Å². The minimum absolute atomic E-state index is 0.103. The zero-order chi connectivity index (χ0) is 16.4. The van der Waals surface area contributed by atoms with Crippen molar-refractivity contribution >= 4 is 17.7 Å². The molecule has 1 fully saturated rings. The van der Waals surface area contributed by atoms with Crippen molar-refractivity contribution in [3.8, 4) is 0 Å². The third-order valence-electron chi connectivity index (χ3n) is 4.13. The van der Waals surface area contributed by atoms with Crippen LogP contribution in [0.5, 0.6) is 0 Å². The molecule has 2 aromatic rings. The summed E-state index contributed by atoms with van der Waals surface area (Å²) in [7, 11) is 0. The van der Waals surface area contributed by atoms with Crippen molar-refractivity contribution < 1.29 is 14.7 Å². The van der Waals surface area contributed by atoms with E-state index in [1.165, 1.54) is 16.7 Å². The van der Waals surface area contributed by atoms with Crippen LogP contribution >= 0.6 is 0 Å². The van der Waals surface area contributed by atoms with E-state index in [2.05, 4.69) is 5.32 Å². The van der Waals surface area contributed by atoms with Gasteiger partial charge in [-0.3, -0.25) is 18.8 Å². The molecule has 23 heavy (non-hydrogen) atoms. The molecule has 0 aromatic carbocycles. The fourth-order valence-electron chi connectivity index (χ4n) is 2.90. The van der Waals surface area contributed by atoms with Gasteiger partial charge in [-0.05, 0) is 31.0 Å². The number of hydrogen-bond donors (Lipinski definition) is 2. The minimum atomic E-state index is -0.721. The molecule has 0 aliphatic heterocycles. The molecular formula is C17H17N2O4+. The molecular weight excluding hydrogens is 296 g/mol. The third-order valence-corrected chi connectivity index (χ3v) is 4.13. The van der Waals surface area contributed by atoms with Crippen molar-refractivity contribution in [1.82, 2.24) is 9.72 Å². The second-order valence-electron chi connectivity index (χ2n) is 5.63. The maximum atomic E-state index is 12.5. The van der Waals surface area contributed by atoms with Crippen molar-refractivity contribution in [2.24, 2.45) is 0 Å². The number of aliphatic hydroxyl groups is 1. The van der Waals surface area contributed by atoms with Crippen LogP contribution in [0.25, 0.3) is 5.52 Å². The standard InChI is InChI=1S/C17H16N2O4/c20-10-11-9-12(17(23)19-8-4-3-6-14(11)19)16(22)18-13-5-1-2-7-15(13)21/h3-4,6-10,13,15,21H,1-2,5H2/p+1/t13-,15-/m0/s1. The summed E-state index contributed by atoms with van der Waals surface area (Å²) in [5, 5.41) is 12.6. The molecule has 6 nitrogen and oxygen atoms in total. The van der Waals surface area contributed by atoms with Crippen molar-refractivity contribution in [3.05, 3.63) is 58.4 Å². The van der Waals surface area contributed by atoms with Crippen molar-refractivity contribution in [2.45, 2.75) is 31.4 Å². The largest absolute Gasteiger partial charge is 0.352 e. The number of aromatic nitrogens is 1. The molecule has 2 atom stereocenters. The van der Waals surface area contributed by atoms with E-state index in [0.717, 1.165) is 12.8 Å². The Bertz CT molecular complexity index is 812. The Kier molecular flexibility index (Phi) is 4.16. The fourth-order valence-corrected chi connectivity index (χ4v) is 2.90. The number of amides is 1. The van der Waals surface area contributed by atoms with Crippen LogP contribution in [0.2, 0.25) is 0 Å². The average molecular weight is 313 g/mol. The van der Waals surface area contributed by atoms with Crippen LogP contribution in [-0.2, 0) is 0 Å². The number of carbonyl (C=O) groups excluding carboxylic acids is 2. The highest BCUT2D eigenvalue weighted by Gasteiger charge is 2.32. The number of pyridine rings is 2. The van der Waals surface area contributed by atoms with E-state index >= 15 is 0 Å². The SMILES string of the molecule is O=Cc1cc(C(=O)N[C@H]2CCC[CH+][C@@H]2O)c(=O)n2ccccc12. The van der Waals surface area contributed by atoms with Gasteiger partial charge in [0.15, 0.2) is 6.29 Å². The number of fused-ring (bicyclic) bond motifs is 1. The summed E-state index contributed by atoms with van der Waals surface area (Å²) < 4.78 is 1.28. The summed E-state index contributed by atoms with van der Waals surface area (Å²) in [6.45, 7) is 0. The van der Waals surface area contributed by atoms with Gasteiger partial charge in [-0.25, -0.2) is 0 Å². The first-order chi connectivity index (χ1) is 11.1. The Hall–Kier alpha value is -2.60. The maximum absolute atomic E-state index is 12.5. The van der Waals surface area contributed by atoms with Gasteiger partial charge in [0.25, 0.3) is 11.5 Å². The second kappa shape index (κ2) is 6.26. The first-order valence-electron chi connectivity index (χ1n) is 7.53. The van der Waals surface area contributed by atoms with E-state index in [0.29, 0.717) is 18.2 Å². The molecule has 3 rings (SSSR count). The van der Waals surface area contributed by atoms with Gasteiger partial charge in [0.2, 0.25) is 6.10 Å². The van der Waals surface area contributed by atoms with Crippen LogP contribution in [-0.4, -0.2) is 33.8 Å². The van der Waals surface area contributed by atoms with Gasteiger partial charge in [-0.2, -0.15) is 0 Å². The molecule has 2 N–H and O–H groups in total. The quantitative estimate of drug-likeness (QED) is 0.652. The van der Waals surface area contributed by atoms with Gasteiger partial charge < -0.3 is 10.4 Å². The number of nitrogens with one attached hydrogen (secondary N) is 1. The molecule has 0 unspecified atom stereocenters. The number of aldehydes is 1. The summed E-state index contributed by atoms with van der Waals surface area (Å²) in [6.07, 6.45) is 5.50. The van der Waals surface area contributed by atoms with Crippen LogP contribution < -0.4 is 10.9 Å². The summed E-state index contributed by atoms with van der Waals surface area (Å²) in [4.78, 5) is 36.2. The first kappa shape index (κ1) is 15.3. The monoisotopic (exact) mass is 313 g/mol. The lowest BCUT2D eigenvalue weighted by molar-refractivity contribution is 0.0833. The molecule has 6 heteroatoms. The number of rotatable bonds is 3. The van der Waals surface area contributed by atoms with E-state index in [1.54, 1.807) is 24.6 Å². The summed E-state index contributed by atoms with van der Waals surface area (Å²) in [5.41, 5.74) is 0.132. The number of hydrogen-bond acceptors (Lipinski definition) is 4. The molecule has 1 aliphatic rings. The highest BCUT2D eigenvalue weighted by atomic mass is 16.3. The molecule has 2 aromatic heterocycles. The van der Waals surface area contributed by atoms with Crippen LogP contribution in [0.15, 0.2) is 35.3 Å². The Balaban J connectivity index is 1.99.